The van der Waals surface area contributed by atoms with E-state index in [0.29, 0.717) is 48.4 Å². The van der Waals surface area contributed by atoms with E-state index in [1.807, 2.05) is 16.8 Å². The molecule has 1 atom stereocenters. The number of sulfone groups is 1. The lowest BCUT2D eigenvalue weighted by Gasteiger charge is -2.36. The number of ether oxygens (including phenoxy) is 2. The predicted molar refractivity (Wildman–Crippen MR) is 146 cm³/mol. The molecule has 1 aromatic heterocycles. The molecule has 0 saturated carbocycles. The number of nitrogens with zero attached hydrogens (tertiary/aromatic N) is 5. The molecule has 1 unspecified atom stereocenters. The van der Waals surface area contributed by atoms with Gasteiger partial charge in [0.05, 0.1) is 41.7 Å². The lowest BCUT2D eigenvalue weighted by molar-refractivity contribution is 0.0297. The van der Waals surface area contributed by atoms with Crippen LogP contribution in [0.25, 0.3) is 11.3 Å². The van der Waals surface area contributed by atoms with Crippen molar-refractivity contribution in [1.82, 2.24) is 24.5 Å². The molecule has 4 aliphatic rings. The van der Waals surface area contributed by atoms with Gasteiger partial charge in [-0.25, -0.2) is 8.42 Å². The molecule has 0 N–H and O–H groups in total. The van der Waals surface area contributed by atoms with Gasteiger partial charge in [-0.2, -0.15) is 5.10 Å². The maximum Gasteiger partial charge on any atom is 0.274 e. The van der Waals surface area contributed by atoms with Crippen LogP contribution < -0.4 is 0 Å². The molecule has 10 nitrogen and oxygen atoms in total. The molecule has 0 spiro atoms. The molecule has 3 saturated heterocycles. The number of carbonyl (C=O) groups excluding carboxylic acids is 1. The molecule has 0 bridgehead atoms. The molecular formula is C28H39N5O5S. The van der Waals surface area contributed by atoms with Gasteiger partial charge in [-0.3, -0.25) is 14.4 Å². The van der Waals surface area contributed by atoms with E-state index in [4.69, 9.17) is 14.6 Å². The highest BCUT2D eigenvalue weighted by molar-refractivity contribution is 7.90. The van der Waals surface area contributed by atoms with E-state index in [0.717, 1.165) is 70.6 Å². The average Bonchev–Trinajstić information content (AvgIpc) is 3.35. The quantitative estimate of drug-likeness (QED) is 0.533. The molecule has 0 radical (unpaired) electrons. The Hall–Kier alpha value is -2.31. The smallest absolute Gasteiger partial charge is 0.274 e. The minimum atomic E-state index is -3.57. The van der Waals surface area contributed by atoms with Crippen LogP contribution in [0.2, 0.25) is 0 Å². The number of aromatic nitrogens is 2. The number of hydrogen-bond acceptors (Lipinski definition) is 8. The van der Waals surface area contributed by atoms with Crippen LogP contribution in [0.1, 0.15) is 47.8 Å². The monoisotopic (exact) mass is 557 g/mol. The van der Waals surface area contributed by atoms with Crippen molar-refractivity contribution in [3.8, 4) is 11.3 Å². The van der Waals surface area contributed by atoms with Crippen molar-refractivity contribution in [2.75, 3.05) is 72.7 Å². The summed E-state index contributed by atoms with van der Waals surface area (Å²) in [6, 6.07) is 7.24. The topological polar surface area (TPSA) is 97.2 Å². The van der Waals surface area contributed by atoms with E-state index >= 15 is 0 Å². The van der Waals surface area contributed by atoms with Crippen LogP contribution in [0, 0.1) is 0 Å². The fraction of sp³-hybridized carbons (Fsp3) is 0.643. The Morgan fingerprint density at radius 1 is 1.03 bits per heavy atom. The number of hydrogen-bond donors (Lipinski definition) is 0. The van der Waals surface area contributed by atoms with Crippen molar-refractivity contribution in [1.29, 1.82) is 0 Å². The Bertz CT molecular complexity index is 1300. The summed E-state index contributed by atoms with van der Waals surface area (Å²) in [5.74, 6) is -0.395. The Kier molecular flexibility index (Phi) is 7.78. The second kappa shape index (κ2) is 11.3. The number of carbonyl (C=O) groups is 1. The number of morpholine rings is 1. The molecule has 4 aliphatic heterocycles. The number of amides is 1. The molecular weight excluding hydrogens is 518 g/mol. The molecule has 2 aromatic rings. The summed E-state index contributed by atoms with van der Waals surface area (Å²) >= 11 is 0. The summed E-state index contributed by atoms with van der Waals surface area (Å²) in [6.07, 6.45) is 4.54. The highest BCUT2D eigenvalue weighted by Gasteiger charge is 2.39. The van der Waals surface area contributed by atoms with Crippen LogP contribution in [0.5, 0.6) is 0 Å². The maximum absolute atomic E-state index is 13.7. The summed E-state index contributed by atoms with van der Waals surface area (Å²) < 4.78 is 39.5. The van der Waals surface area contributed by atoms with Gasteiger partial charge in [-0.15, -0.1) is 0 Å². The van der Waals surface area contributed by atoms with Gasteiger partial charge in [0.15, 0.2) is 15.5 Å². The normalized spacial score (nSPS) is 24.3. The largest absolute Gasteiger partial charge is 0.381 e. The zero-order valence-corrected chi connectivity index (χ0v) is 23.6. The number of methoxy groups -OCH3 is 1. The Morgan fingerprint density at radius 2 is 1.77 bits per heavy atom. The molecule has 1 amide bonds. The van der Waals surface area contributed by atoms with E-state index in [2.05, 4.69) is 9.80 Å². The predicted octanol–water partition coefficient (Wildman–Crippen LogP) is 2.06. The third kappa shape index (κ3) is 5.39. The van der Waals surface area contributed by atoms with Crippen LogP contribution >= 0.6 is 0 Å². The molecule has 11 heteroatoms. The number of piperidine rings is 2. The summed E-state index contributed by atoms with van der Waals surface area (Å²) in [4.78, 5) is 20.7. The first-order chi connectivity index (χ1) is 18.9. The Labute approximate surface area is 230 Å². The van der Waals surface area contributed by atoms with Crippen molar-refractivity contribution in [2.45, 2.75) is 48.5 Å². The lowest BCUT2D eigenvalue weighted by atomic mass is 10.0. The zero-order chi connectivity index (χ0) is 27.0. The van der Waals surface area contributed by atoms with E-state index in [1.165, 1.54) is 0 Å². The van der Waals surface area contributed by atoms with Crippen LogP contribution in [-0.2, 0) is 25.1 Å². The van der Waals surface area contributed by atoms with E-state index in [1.54, 1.807) is 24.1 Å². The molecule has 212 valence electrons. The Morgan fingerprint density at radius 3 is 2.54 bits per heavy atom. The van der Waals surface area contributed by atoms with Crippen molar-refractivity contribution < 1.29 is 22.7 Å². The van der Waals surface area contributed by atoms with Gasteiger partial charge < -0.3 is 19.3 Å². The minimum Gasteiger partial charge on any atom is -0.381 e. The first-order valence-electron chi connectivity index (χ1n) is 14.2. The number of rotatable bonds is 6. The van der Waals surface area contributed by atoms with Gasteiger partial charge >= 0.3 is 0 Å². The van der Waals surface area contributed by atoms with Crippen molar-refractivity contribution in [3.63, 3.8) is 0 Å². The van der Waals surface area contributed by atoms with Gasteiger partial charge in [0.2, 0.25) is 0 Å². The third-order valence-corrected chi connectivity index (χ3v) is 10.4. The molecule has 39 heavy (non-hydrogen) atoms. The maximum atomic E-state index is 13.7. The number of fused-ring (bicyclic) bond motifs is 3. The minimum absolute atomic E-state index is 0.0758. The number of likely N-dealkylation sites (tertiary alicyclic amines) is 2. The average molecular weight is 558 g/mol. The second-order valence-corrected chi connectivity index (χ2v) is 13.1. The zero-order valence-electron chi connectivity index (χ0n) is 22.8. The summed E-state index contributed by atoms with van der Waals surface area (Å²) in [5, 5.41) is 4.93. The second-order valence-electron chi connectivity index (χ2n) is 11.2. The van der Waals surface area contributed by atoms with E-state index < -0.39 is 9.84 Å². The van der Waals surface area contributed by atoms with Crippen molar-refractivity contribution in [2.24, 2.45) is 0 Å². The van der Waals surface area contributed by atoms with Crippen LogP contribution in [0.4, 0.5) is 0 Å². The molecule has 3 fully saturated rings. The first-order valence-corrected chi connectivity index (χ1v) is 15.9. The first kappa shape index (κ1) is 26.9. The molecule has 1 aromatic carbocycles. The van der Waals surface area contributed by atoms with Crippen molar-refractivity contribution >= 4 is 15.7 Å². The lowest BCUT2D eigenvalue weighted by Crippen LogP contribution is -2.44. The van der Waals surface area contributed by atoms with Crippen molar-refractivity contribution in [3.05, 3.63) is 35.5 Å². The van der Waals surface area contributed by atoms with E-state index in [-0.39, 0.29) is 23.4 Å². The fourth-order valence-electron chi connectivity index (χ4n) is 6.53. The van der Waals surface area contributed by atoms with Gasteiger partial charge in [-0.05, 0) is 38.3 Å². The summed E-state index contributed by atoms with van der Waals surface area (Å²) in [6.45, 7) is 7.98. The van der Waals surface area contributed by atoms with Gasteiger partial charge in [0.25, 0.3) is 5.91 Å². The van der Waals surface area contributed by atoms with Gasteiger partial charge in [0.1, 0.15) is 0 Å². The standard InChI is InChI=1S/C28H39N5O5S/c1-37-22-8-11-30(12-9-22)13-14-31-10-4-5-21(19-31)33-27-23-6-2-3-7-25(23)39(35,36)20-24(27)26(29-33)28(34)32-15-17-38-18-16-32/h2-3,6-7,21-22H,4-5,8-20H2,1H3. The van der Waals surface area contributed by atoms with Gasteiger partial charge in [0, 0.05) is 64.0 Å². The van der Waals surface area contributed by atoms with Crippen LogP contribution in [0.3, 0.4) is 0 Å². The highest BCUT2D eigenvalue weighted by Crippen LogP contribution is 2.42. The van der Waals surface area contributed by atoms with E-state index in [9.17, 15) is 13.2 Å². The van der Waals surface area contributed by atoms with Crippen LogP contribution in [0.15, 0.2) is 29.2 Å². The number of benzene rings is 1. The molecule has 6 rings (SSSR count). The summed E-state index contributed by atoms with van der Waals surface area (Å²) in [7, 11) is -1.77. The molecule has 5 heterocycles. The van der Waals surface area contributed by atoms with Gasteiger partial charge in [-0.1, -0.05) is 18.2 Å². The third-order valence-electron chi connectivity index (χ3n) is 8.75. The SMILES string of the molecule is COC1CCN(CCN2CCCC(n3nc(C(=O)N4CCOCC4)c4c3-c3ccccc3S(=O)(=O)C4)C2)CC1. The molecule has 0 aliphatic carbocycles. The van der Waals surface area contributed by atoms with Crippen LogP contribution in [-0.4, -0.2) is 118 Å². The Balaban J connectivity index is 1.28. The highest BCUT2D eigenvalue weighted by atomic mass is 32.2. The fourth-order valence-corrected chi connectivity index (χ4v) is 8.12. The summed E-state index contributed by atoms with van der Waals surface area (Å²) in [5.41, 5.74) is 2.28.